The number of ether oxygens (including phenoxy) is 1. The van der Waals surface area contributed by atoms with Crippen molar-refractivity contribution in [1.29, 1.82) is 0 Å². The molecule has 1 aliphatic carbocycles. The van der Waals surface area contributed by atoms with Crippen LogP contribution in [-0.2, 0) is 14.3 Å². The van der Waals surface area contributed by atoms with E-state index in [2.05, 4.69) is 34.9 Å². The highest BCUT2D eigenvalue weighted by Crippen LogP contribution is 2.44. The molecule has 0 spiro atoms. The standard InChI is InChI=1S/C27H33N3O5/c1-2-7-24(26(32)33)29-25(31)16-30-14-12-18(13-15-30)28-27(34)35-17-23-21-10-5-3-8-19(21)20-9-4-6-11-22(20)23/h3-6,8-11,18,23-24H,2,7,12-17H2,1H3,(H,28,34)(H,29,31)(H,32,33)/t24-/m1/s1. The fourth-order valence-corrected chi connectivity index (χ4v) is 5.03. The van der Waals surface area contributed by atoms with Crippen LogP contribution in [0.2, 0.25) is 0 Å². The SMILES string of the molecule is CCC[C@@H](NC(=O)CN1CCC(NC(=O)OCC2c3ccccc3-c3ccccc32)CC1)C(=O)O. The third-order valence-electron chi connectivity index (χ3n) is 6.83. The van der Waals surface area contributed by atoms with E-state index in [1.165, 1.54) is 22.3 Å². The van der Waals surface area contributed by atoms with Crippen molar-refractivity contribution >= 4 is 18.0 Å². The second-order valence-electron chi connectivity index (χ2n) is 9.27. The average Bonchev–Trinajstić information content (AvgIpc) is 3.17. The normalized spacial score (nSPS) is 16.7. The van der Waals surface area contributed by atoms with Crippen LogP contribution >= 0.6 is 0 Å². The average molecular weight is 480 g/mol. The van der Waals surface area contributed by atoms with Gasteiger partial charge in [-0.15, -0.1) is 0 Å². The Morgan fingerprint density at radius 2 is 1.63 bits per heavy atom. The summed E-state index contributed by atoms with van der Waals surface area (Å²) >= 11 is 0. The molecule has 2 aromatic carbocycles. The summed E-state index contributed by atoms with van der Waals surface area (Å²) in [6, 6.07) is 15.6. The predicted octanol–water partition coefficient (Wildman–Crippen LogP) is 3.36. The fourth-order valence-electron chi connectivity index (χ4n) is 5.03. The molecule has 4 rings (SSSR count). The van der Waals surface area contributed by atoms with Gasteiger partial charge >= 0.3 is 12.1 Å². The van der Waals surface area contributed by atoms with E-state index in [1.54, 1.807) is 0 Å². The van der Waals surface area contributed by atoms with Crippen molar-refractivity contribution < 1.29 is 24.2 Å². The molecule has 1 atom stereocenters. The molecule has 1 fully saturated rings. The van der Waals surface area contributed by atoms with Gasteiger partial charge in [-0.2, -0.15) is 0 Å². The minimum absolute atomic E-state index is 0.0168. The Balaban J connectivity index is 1.22. The third-order valence-corrected chi connectivity index (χ3v) is 6.83. The highest BCUT2D eigenvalue weighted by Gasteiger charge is 2.30. The van der Waals surface area contributed by atoms with Gasteiger partial charge in [0, 0.05) is 25.0 Å². The molecule has 2 amide bonds. The maximum Gasteiger partial charge on any atom is 0.407 e. The lowest BCUT2D eigenvalue weighted by Crippen LogP contribution is -2.49. The summed E-state index contributed by atoms with van der Waals surface area (Å²) in [5.41, 5.74) is 4.74. The number of alkyl carbamates (subject to hydrolysis) is 1. The van der Waals surface area contributed by atoms with Crippen LogP contribution in [0.3, 0.4) is 0 Å². The number of hydrogen-bond acceptors (Lipinski definition) is 5. The summed E-state index contributed by atoms with van der Waals surface area (Å²) in [7, 11) is 0. The third kappa shape index (κ3) is 6.00. The number of benzene rings is 2. The zero-order chi connectivity index (χ0) is 24.8. The van der Waals surface area contributed by atoms with Crippen molar-refractivity contribution in [1.82, 2.24) is 15.5 Å². The number of nitrogens with zero attached hydrogens (tertiary/aromatic N) is 1. The van der Waals surface area contributed by atoms with E-state index in [0.29, 0.717) is 38.8 Å². The first-order valence-corrected chi connectivity index (χ1v) is 12.3. The zero-order valence-electron chi connectivity index (χ0n) is 20.0. The Hall–Kier alpha value is -3.39. The fraction of sp³-hybridized carbons (Fsp3) is 0.444. The van der Waals surface area contributed by atoms with Gasteiger partial charge in [0.2, 0.25) is 5.91 Å². The van der Waals surface area contributed by atoms with Crippen LogP contribution in [0.5, 0.6) is 0 Å². The monoisotopic (exact) mass is 479 g/mol. The van der Waals surface area contributed by atoms with Gasteiger partial charge in [-0.05, 0) is 41.5 Å². The molecule has 1 aliphatic heterocycles. The molecule has 0 bridgehead atoms. The van der Waals surface area contributed by atoms with Gasteiger partial charge in [0.15, 0.2) is 0 Å². The van der Waals surface area contributed by atoms with Crippen LogP contribution in [0.25, 0.3) is 11.1 Å². The number of amides is 2. The maximum atomic E-state index is 12.5. The number of piperidine rings is 1. The highest BCUT2D eigenvalue weighted by molar-refractivity contribution is 5.84. The number of carboxylic acid groups (broad SMARTS) is 1. The van der Waals surface area contributed by atoms with Gasteiger partial charge < -0.3 is 20.5 Å². The van der Waals surface area contributed by atoms with Crippen molar-refractivity contribution in [3.05, 3.63) is 59.7 Å². The Morgan fingerprint density at radius 1 is 1.03 bits per heavy atom. The molecular formula is C27H33N3O5. The van der Waals surface area contributed by atoms with Crippen LogP contribution in [0.15, 0.2) is 48.5 Å². The second kappa shape index (κ2) is 11.4. The van der Waals surface area contributed by atoms with Gasteiger partial charge in [0.05, 0.1) is 6.54 Å². The maximum absolute atomic E-state index is 12.5. The molecule has 2 aliphatic rings. The van der Waals surface area contributed by atoms with Crippen LogP contribution in [-0.4, -0.2) is 66.3 Å². The Kier molecular flexibility index (Phi) is 8.02. The second-order valence-corrected chi connectivity index (χ2v) is 9.27. The van der Waals surface area contributed by atoms with Crippen LogP contribution < -0.4 is 10.6 Å². The number of likely N-dealkylation sites (tertiary alicyclic amines) is 1. The van der Waals surface area contributed by atoms with Gasteiger partial charge in [0.25, 0.3) is 0 Å². The molecule has 8 nitrogen and oxygen atoms in total. The van der Waals surface area contributed by atoms with Gasteiger partial charge in [0.1, 0.15) is 12.6 Å². The topological polar surface area (TPSA) is 108 Å². The van der Waals surface area contributed by atoms with E-state index in [-0.39, 0.29) is 31.0 Å². The Labute approximate surface area is 205 Å². The van der Waals surface area contributed by atoms with Crippen LogP contribution in [0.4, 0.5) is 4.79 Å². The molecule has 0 radical (unpaired) electrons. The molecule has 1 saturated heterocycles. The van der Waals surface area contributed by atoms with E-state index in [4.69, 9.17) is 4.74 Å². The van der Waals surface area contributed by atoms with E-state index in [9.17, 15) is 19.5 Å². The molecule has 1 heterocycles. The summed E-state index contributed by atoms with van der Waals surface area (Å²) in [6.45, 7) is 3.61. The van der Waals surface area contributed by atoms with Crippen molar-refractivity contribution in [2.45, 2.75) is 50.6 Å². The van der Waals surface area contributed by atoms with Gasteiger partial charge in [-0.25, -0.2) is 9.59 Å². The van der Waals surface area contributed by atoms with Crippen LogP contribution in [0, 0.1) is 0 Å². The van der Waals surface area contributed by atoms with Gasteiger partial charge in [-0.1, -0.05) is 61.9 Å². The number of nitrogens with one attached hydrogen (secondary N) is 2. The first kappa shape index (κ1) is 24.7. The summed E-state index contributed by atoms with van der Waals surface area (Å²) in [6.07, 6.45) is 2.08. The molecule has 35 heavy (non-hydrogen) atoms. The molecule has 3 N–H and O–H groups in total. The van der Waals surface area contributed by atoms with Crippen LogP contribution in [0.1, 0.15) is 49.7 Å². The minimum Gasteiger partial charge on any atom is -0.480 e. The number of rotatable bonds is 9. The van der Waals surface area contributed by atoms with E-state index >= 15 is 0 Å². The van der Waals surface area contributed by atoms with Gasteiger partial charge in [-0.3, -0.25) is 9.69 Å². The lowest BCUT2D eigenvalue weighted by molar-refractivity contribution is -0.142. The molecule has 0 saturated carbocycles. The Bertz CT molecular complexity index is 1020. The molecular weight excluding hydrogens is 446 g/mol. The number of hydrogen-bond donors (Lipinski definition) is 3. The van der Waals surface area contributed by atoms with Crippen molar-refractivity contribution in [2.24, 2.45) is 0 Å². The van der Waals surface area contributed by atoms with Crippen molar-refractivity contribution in [3.63, 3.8) is 0 Å². The summed E-state index contributed by atoms with van der Waals surface area (Å²) < 4.78 is 5.64. The summed E-state index contributed by atoms with van der Waals surface area (Å²) in [4.78, 5) is 38.0. The first-order valence-electron chi connectivity index (χ1n) is 12.3. The molecule has 0 aromatic heterocycles. The zero-order valence-corrected chi connectivity index (χ0v) is 20.0. The highest BCUT2D eigenvalue weighted by atomic mass is 16.5. The minimum atomic E-state index is -1.01. The summed E-state index contributed by atoms with van der Waals surface area (Å²) in [5, 5.41) is 14.8. The molecule has 2 aromatic rings. The molecule has 0 unspecified atom stereocenters. The number of fused-ring (bicyclic) bond motifs is 3. The summed E-state index contributed by atoms with van der Waals surface area (Å²) in [5.74, 6) is -1.27. The largest absolute Gasteiger partial charge is 0.480 e. The smallest absolute Gasteiger partial charge is 0.407 e. The van der Waals surface area contributed by atoms with Crippen molar-refractivity contribution in [2.75, 3.05) is 26.2 Å². The van der Waals surface area contributed by atoms with E-state index < -0.39 is 18.1 Å². The van der Waals surface area contributed by atoms with E-state index in [0.717, 1.165) is 0 Å². The first-order chi connectivity index (χ1) is 17.0. The molecule has 186 valence electrons. The lowest BCUT2D eigenvalue weighted by Gasteiger charge is -2.32. The number of carbonyl (C=O) groups excluding carboxylic acids is 2. The Morgan fingerprint density at radius 3 is 2.20 bits per heavy atom. The predicted molar refractivity (Wildman–Crippen MR) is 132 cm³/mol. The number of carbonyl (C=O) groups is 3. The molecule has 8 heteroatoms. The van der Waals surface area contributed by atoms with E-state index in [1.807, 2.05) is 36.1 Å². The quantitative estimate of drug-likeness (QED) is 0.509. The number of aliphatic carboxylic acids is 1. The van der Waals surface area contributed by atoms with Crippen molar-refractivity contribution in [3.8, 4) is 11.1 Å². The number of carboxylic acids is 1. The lowest BCUT2D eigenvalue weighted by atomic mass is 9.98.